The second-order valence-electron chi connectivity index (χ2n) is 4.64. The third kappa shape index (κ3) is 3.41. The fourth-order valence-electron chi connectivity index (χ4n) is 2.39. The lowest BCUT2D eigenvalue weighted by molar-refractivity contribution is 0.0537. The Balaban J connectivity index is 1.95. The highest BCUT2D eigenvalue weighted by Gasteiger charge is 2.23. The fraction of sp³-hybridized carbons (Fsp3) is 0.615. The number of nitrogens with zero attached hydrogens (tertiary/aromatic N) is 1. The van der Waals surface area contributed by atoms with Crippen LogP contribution in [0.25, 0.3) is 0 Å². The van der Waals surface area contributed by atoms with Crippen LogP contribution < -0.4 is 16.0 Å². The summed E-state index contributed by atoms with van der Waals surface area (Å²) >= 11 is 0. The number of nitrogens with one attached hydrogen (secondary N) is 1. The molecule has 1 aromatic rings. The molecule has 1 fully saturated rings. The molecule has 0 spiro atoms. The van der Waals surface area contributed by atoms with Crippen molar-refractivity contribution in [2.24, 2.45) is 11.8 Å². The number of ether oxygens (including phenoxy) is 2. The zero-order valence-electron chi connectivity index (χ0n) is 10.8. The molecule has 2 heterocycles. The van der Waals surface area contributed by atoms with Gasteiger partial charge in [0.1, 0.15) is 0 Å². The Kier molecular flexibility index (Phi) is 4.92. The number of hydrogen-bond acceptors (Lipinski definition) is 5. The molecule has 1 saturated heterocycles. The topological polar surface area (TPSA) is 69.4 Å². The van der Waals surface area contributed by atoms with Crippen LogP contribution >= 0.6 is 0 Å². The summed E-state index contributed by atoms with van der Waals surface area (Å²) in [5.41, 5.74) is 4.11. The van der Waals surface area contributed by atoms with Gasteiger partial charge in [0.15, 0.2) is 0 Å². The van der Waals surface area contributed by atoms with E-state index in [1.165, 1.54) is 5.56 Å². The molecule has 18 heavy (non-hydrogen) atoms. The van der Waals surface area contributed by atoms with Gasteiger partial charge in [0.05, 0.1) is 7.11 Å². The van der Waals surface area contributed by atoms with Crippen molar-refractivity contribution in [3.05, 3.63) is 23.9 Å². The van der Waals surface area contributed by atoms with E-state index >= 15 is 0 Å². The first kappa shape index (κ1) is 13.3. The van der Waals surface area contributed by atoms with Gasteiger partial charge in [-0.2, -0.15) is 0 Å². The van der Waals surface area contributed by atoms with Crippen LogP contribution in [0.15, 0.2) is 18.3 Å². The van der Waals surface area contributed by atoms with Gasteiger partial charge in [-0.25, -0.2) is 4.98 Å². The van der Waals surface area contributed by atoms with E-state index in [4.69, 9.17) is 15.3 Å². The molecule has 0 aliphatic carbocycles. The number of methoxy groups -OCH3 is 1. The maximum atomic E-state index is 5.67. The number of rotatable bonds is 5. The van der Waals surface area contributed by atoms with Gasteiger partial charge in [0.25, 0.3) is 0 Å². The van der Waals surface area contributed by atoms with E-state index in [0.717, 1.165) is 32.5 Å². The maximum Gasteiger partial charge on any atom is 0.212 e. The Morgan fingerprint density at radius 1 is 1.50 bits per heavy atom. The highest BCUT2D eigenvalue weighted by atomic mass is 16.5. The molecule has 1 aromatic heterocycles. The molecule has 1 unspecified atom stereocenters. The summed E-state index contributed by atoms with van der Waals surface area (Å²) in [6.45, 7) is 1.67. The molecule has 0 aromatic carbocycles. The van der Waals surface area contributed by atoms with Crippen molar-refractivity contribution >= 4 is 0 Å². The van der Waals surface area contributed by atoms with E-state index in [0.29, 0.717) is 11.8 Å². The quantitative estimate of drug-likeness (QED) is 0.601. The maximum absolute atomic E-state index is 5.67. The van der Waals surface area contributed by atoms with Crippen LogP contribution in [0.4, 0.5) is 0 Å². The highest BCUT2D eigenvalue weighted by Crippen LogP contribution is 2.21. The van der Waals surface area contributed by atoms with Crippen LogP contribution in [0.3, 0.4) is 0 Å². The van der Waals surface area contributed by atoms with Crippen molar-refractivity contribution in [3.63, 3.8) is 0 Å². The summed E-state index contributed by atoms with van der Waals surface area (Å²) in [5, 5.41) is 0. The molecule has 0 radical (unpaired) electrons. The molecule has 100 valence electrons. The molecule has 0 amide bonds. The van der Waals surface area contributed by atoms with Gasteiger partial charge >= 0.3 is 0 Å². The largest absolute Gasteiger partial charge is 0.481 e. The summed E-state index contributed by atoms with van der Waals surface area (Å²) < 4.78 is 10.4. The summed E-state index contributed by atoms with van der Waals surface area (Å²) in [6, 6.07) is 4.20. The van der Waals surface area contributed by atoms with Gasteiger partial charge in [-0.15, -0.1) is 0 Å². The number of pyridine rings is 1. The lowest BCUT2D eigenvalue weighted by atomic mass is 9.88. The van der Waals surface area contributed by atoms with Crippen LogP contribution in [-0.4, -0.2) is 31.3 Å². The van der Waals surface area contributed by atoms with Crippen molar-refractivity contribution in [1.29, 1.82) is 0 Å². The predicted octanol–water partition coefficient (Wildman–Crippen LogP) is 0.891. The predicted molar refractivity (Wildman–Crippen MR) is 69.1 cm³/mol. The van der Waals surface area contributed by atoms with Gasteiger partial charge in [-0.05, 0) is 30.7 Å². The van der Waals surface area contributed by atoms with Gasteiger partial charge in [0, 0.05) is 31.5 Å². The third-order valence-electron chi connectivity index (χ3n) is 3.51. The van der Waals surface area contributed by atoms with Crippen LogP contribution in [0.1, 0.15) is 18.4 Å². The molecular formula is C13H21N3O2. The Bertz CT molecular complexity index is 350. The average molecular weight is 251 g/mol. The first-order valence-corrected chi connectivity index (χ1v) is 6.36. The minimum atomic E-state index is 0.282. The second kappa shape index (κ2) is 6.68. The monoisotopic (exact) mass is 251 g/mol. The van der Waals surface area contributed by atoms with Crippen LogP contribution in [0, 0.1) is 5.92 Å². The number of hydrogen-bond donors (Lipinski definition) is 2. The lowest BCUT2D eigenvalue weighted by Crippen LogP contribution is -2.44. The minimum Gasteiger partial charge on any atom is -0.481 e. The van der Waals surface area contributed by atoms with Crippen LogP contribution in [0.5, 0.6) is 5.88 Å². The zero-order valence-corrected chi connectivity index (χ0v) is 10.8. The Labute approximate surface area is 108 Å². The normalized spacial score (nSPS) is 18.6. The van der Waals surface area contributed by atoms with Gasteiger partial charge in [-0.1, -0.05) is 6.07 Å². The summed E-state index contributed by atoms with van der Waals surface area (Å²) in [6.07, 6.45) is 4.87. The summed E-state index contributed by atoms with van der Waals surface area (Å²) in [7, 11) is 1.62. The van der Waals surface area contributed by atoms with E-state index in [2.05, 4.69) is 10.4 Å². The van der Waals surface area contributed by atoms with Gasteiger partial charge in [-0.3, -0.25) is 11.3 Å². The Morgan fingerprint density at radius 2 is 2.28 bits per heavy atom. The summed E-state index contributed by atoms with van der Waals surface area (Å²) in [5.74, 6) is 6.89. The molecule has 2 rings (SSSR count). The fourth-order valence-corrected chi connectivity index (χ4v) is 2.39. The minimum absolute atomic E-state index is 0.282. The number of nitrogens with two attached hydrogens (primary N) is 1. The van der Waals surface area contributed by atoms with E-state index in [1.807, 2.05) is 18.3 Å². The van der Waals surface area contributed by atoms with Crippen LogP contribution in [0.2, 0.25) is 0 Å². The molecule has 5 nitrogen and oxygen atoms in total. The molecule has 1 atom stereocenters. The first-order valence-electron chi connectivity index (χ1n) is 6.36. The van der Waals surface area contributed by atoms with Crippen molar-refractivity contribution in [2.45, 2.75) is 25.3 Å². The SMILES string of the molecule is COc1ccc(CC(NN)C2CCOCC2)cn1. The average Bonchev–Trinajstić information content (AvgIpc) is 2.46. The Morgan fingerprint density at radius 3 is 2.83 bits per heavy atom. The van der Waals surface area contributed by atoms with E-state index in [9.17, 15) is 0 Å². The van der Waals surface area contributed by atoms with Crippen molar-refractivity contribution < 1.29 is 9.47 Å². The van der Waals surface area contributed by atoms with Gasteiger partial charge < -0.3 is 9.47 Å². The zero-order chi connectivity index (χ0) is 12.8. The molecular weight excluding hydrogens is 230 g/mol. The van der Waals surface area contributed by atoms with Crippen molar-refractivity contribution in [2.75, 3.05) is 20.3 Å². The van der Waals surface area contributed by atoms with E-state index < -0.39 is 0 Å². The Hall–Kier alpha value is -1.17. The molecule has 0 saturated carbocycles. The van der Waals surface area contributed by atoms with Gasteiger partial charge in [0.2, 0.25) is 5.88 Å². The van der Waals surface area contributed by atoms with Crippen LogP contribution in [-0.2, 0) is 11.2 Å². The molecule has 1 aliphatic heterocycles. The lowest BCUT2D eigenvalue weighted by Gasteiger charge is -2.29. The number of hydrazine groups is 1. The highest BCUT2D eigenvalue weighted by molar-refractivity contribution is 5.18. The number of aromatic nitrogens is 1. The molecule has 1 aliphatic rings. The second-order valence-corrected chi connectivity index (χ2v) is 4.64. The molecule has 3 N–H and O–H groups in total. The first-order chi connectivity index (χ1) is 8.83. The van der Waals surface area contributed by atoms with Crippen molar-refractivity contribution in [3.8, 4) is 5.88 Å². The smallest absolute Gasteiger partial charge is 0.212 e. The van der Waals surface area contributed by atoms with Crippen molar-refractivity contribution in [1.82, 2.24) is 10.4 Å². The van der Waals surface area contributed by atoms with E-state index in [1.54, 1.807) is 7.11 Å². The molecule has 0 bridgehead atoms. The van der Waals surface area contributed by atoms with E-state index in [-0.39, 0.29) is 6.04 Å². The summed E-state index contributed by atoms with van der Waals surface area (Å²) in [4.78, 5) is 4.21. The standard InChI is InChI=1S/C13H21N3O2/c1-17-13-3-2-10(9-15-13)8-12(16-14)11-4-6-18-7-5-11/h2-3,9,11-12,16H,4-8,14H2,1H3. The third-order valence-corrected chi connectivity index (χ3v) is 3.51. The molecule has 5 heteroatoms.